The molecule has 0 aromatic carbocycles. The van der Waals surface area contributed by atoms with E-state index in [9.17, 15) is 0 Å². The number of hydrogen-bond donors (Lipinski definition) is 1. The van der Waals surface area contributed by atoms with Crippen molar-refractivity contribution in [2.45, 2.75) is 26.7 Å². The molecule has 0 rings (SSSR count). The molecule has 2 heteroatoms. The van der Waals surface area contributed by atoms with E-state index in [1.54, 1.807) is 0 Å². The Balaban J connectivity index is 3.38. The zero-order valence-corrected chi connectivity index (χ0v) is 9.18. The maximum absolute atomic E-state index is 3.77. The maximum atomic E-state index is 3.77. The van der Waals surface area contributed by atoms with Gasteiger partial charge in [0, 0.05) is 19.6 Å². The van der Waals surface area contributed by atoms with Crippen molar-refractivity contribution in [3.05, 3.63) is 12.7 Å². The normalized spacial score (nSPS) is 10.7. The van der Waals surface area contributed by atoms with Crippen LogP contribution in [-0.2, 0) is 0 Å². The van der Waals surface area contributed by atoms with Crippen LogP contribution < -0.4 is 5.32 Å². The van der Waals surface area contributed by atoms with E-state index in [1.165, 1.54) is 19.4 Å². The van der Waals surface area contributed by atoms with Gasteiger partial charge in [-0.1, -0.05) is 19.9 Å². The van der Waals surface area contributed by atoms with E-state index < -0.39 is 0 Å². The fourth-order valence-electron chi connectivity index (χ4n) is 1.33. The van der Waals surface area contributed by atoms with Crippen molar-refractivity contribution >= 4 is 0 Å². The van der Waals surface area contributed by atoms with Crippen LogP contribution in [0.4, 0.5) is 0 Å². The fourth-order valence-corrected chi connectivity index (χ4v) is 1.33. The second kappa shape index (κ2) is 9.75. The van der Waals surface area contributed by atoms with Crippen LogP contribution in [0.15, 0.2) is 12.7 Å². The summed E-state index contributed by atoms with van der Waals surface area (Å²) in [6.45, 7) is 13.7. The lowest BCUT2D eigenvalue weighted by Crippen LogP contribution is -2.33. The lowest BCUT2D eigenvalue weighted by molar-refractivity contribution is 0.302. The van der Waals surface area contributed by atoms with Crippen LogP contribution in [0.2, 0.25) is 0 Å². The first-order valence-corrected chi connectivity index (χ1v) is 5.39. The SMILES string of the molecule is C=CCN(CCC)CCNCCC. The molecule has 1 N–H and O–H groups in total. The number of hydrogen-bond acceptors (Lipinski definition) is 2. The molecule has 0 aliphatic heterocycles. The van der Waals surface area contributed by atoms with Crippen molar-refractivity contribution in [3.63, 3.8) is 0 Å². The molecule has 0 atom stereocenters. The summed E-state index contributed by atoms with van der Waals surface area (Å²) in [6.07, 6.45) is 4.42. The molecule has 0 radical (unpaired) electrons. The van der Waals surface area contributed by atoms with Crippen LogP contribution in [0.1, 0.15) is 26.7 Å². The Kier molecular flexibility index (Phi) is 9.49. The van der Waals surface area contributed by atoms with Crippen molar-refractivity contribution in [2.24, 2.45) is 0 Å². The third-order valence-electron chi connectivity index (χ3n) is 1.96. The Morgan fingerprint density at radius 3 is 2.46 bits per heavy atom. The van der Waals surface area contributed by atoms with E-state index in [-0.39, 0.29) is 0 Å². The minimum Gasteiger partial charge on any atom is -0.315 e. The highest BCUT2D eigenvalue weighted by Gasteiger charge is 1.99. The van der Waals surface area contributed by atoms with Crippen molar-refractivity contribution in [3.8, 4) is 0 Å². The fraction of sp³-hybridized carbons (Fsp3) is 0.818. The Bertz CT molecular complexity index is 113. The zero-order chi connectivity index (χ0) is 9.94. The standard InChI is InChI=1S/C11H24N2/c1-4-7-12-8-11-13(9-5-2)10-6-3/h5,12H,2,4,6-11H2,1,3H3. The molecule has 0 saturated carbocycles. The molecular weight excluding hydrogens is 160 g/mol. The third-order valence-corrected chi connectivity index (χ3v) is 1.96. The number of nitrogens with one attached hydrogen (secondary N) is 1. The van der Waals surface area contributed by atoms with Crippen LogP contribution in [0.3, 0.4) is 0 Å². The lowest BCUT2D eigenvalue weighted by Gasteiger charge is -2.19. The van der Waals surface area contributed by atoms with Gasteiger partial charge in [-0.15, -0.1) is 6.58 Å². The van der Waals surface area contributed by atoms with Crippen LogP contribution in [-0.4, -0.2) is 37.6 Å². The molecule has 0 spiro atoms. The highest BCUT2D eigenvalue weighted by molar-refractivity contribution is 4.73. The molecule has 0 aliphatic rings. The predicted octanol–water partition coefficient (Wildman–Crippen LogP) is 1.88. The van der Waals surface area contributed by atoms with E-state index in [1.807, 2.05) is 6.08 Å². The first-order chi connectivity index (χ1) is 6.35. The van der Waals surface area contributed by atoms with Gasteiger partial charge >= 0.3 is 0 Å². The van der Waals surface area contributed by atoms with E-state index >= 15 is 0 Å². The van der Waals surface area contributed by atoms with Crippen LogP contribution in [0.5, 0.6) is 0 Å². The molecular formula is C11H24N2. The largest absolute Gasteiger partial charge is 0.315 e. The summed E-state index contributed by atoms with van der Waals surface area (Å²) in [5.41, 5.74) is 0. The molecule has 0 amide bonds. The van der Waals surface area contributed by atoms with Gasteiger partial charge in [-0.25, -0.2) is 0 Å². The summed E-state index contributed by atoms with van der Waals surface area (Å²) < 4.78 is 0. The van der Waals surface area contributed by atoms with Gasteiger partial charge in [0.15, 0.2) is 0 Å². The minimum atomic E-state index is 1.02. The average molecular weight is 184 g/mol. The topological polar surface area (TPSA) is 15.3 Å². The molecule has 0 heterocycles. The zero-order valence-electron chi connectivity index (χ0n) is 9.18. The van der Waals surface area contributed by atoms with Crippen molar-refractivity contribution in [2.75, 3.05) is 32.7 Å². The Morgan fingerprint density at radius 2 is 1.92 bits per heavy atom. The van der Waals surface area contributed by atoms with Gasteiger partial charge in [0.25, 0.3) is 0 Å². The lowest BCUT2D eigenvalue weighted by atomic mass is 10.4. The van der Waals surface area contributed by atoms with Crippen LogP contribution in [0, 0.1) is 0 Å². The van der Waals surface area contributed by atoms with Gasteiger partial charge in [-0.05, 0) is 25.9 Å². The minimum absolute atomic E-state index is 1.02. The number of nitrogens with zero attached hydrogens (tertiary/aromatic N) is 1. The molecule has 0 unspecified atom stereocenters. The summed E-state index contributed by atoms with van der Waals surface area (Å²) >= 11 is 0. The van der Waals surface area contributed by atoms with Crippen LogP contribution >= 0.6 is 0 Å². The molecule has 13 heavy (non-hydrogen) atoms. The van der Waals surface area contributed by atoms with Gasteiger partial charge in [0.2, 0.25) is 0 Å². The summed E-state index contributed by atoms with van der Waals surface area (Å²) in [7, 11) is 0. The second-order valence-electron chi connectivity index (χ2n) is 3.34. The van der Waals surface area contributed by atoms with Crippen molar-refractivity contribution in [1.29, 1.82) is 0 Å². The van der Waals surface area contributed by atoms with Gasteiger partial charge in [0.1, 0.15) is 0 Å². The highest BCUT2D eigenvalue weighted by Crippen LogP contribution is 1.90. The Morgan fingerprint density at radius 1 is 1.15 bits per heavy atom. The monoisotopic (exact) mass is 184 g/mol. The predicted molar refractivity (Wildman–Crippen MR) is 60.1 cm³/mol. The van der Waals surface area contributed by atoms with Gasteiger partial charge in [-0.3, -0.25) is 4.90 Å². The Labute approximate surface area is 83.0 Å². The van der Waals surface area contributed by atoms with Crippen molar-refractivity contribution < 1.29 is 0 Å². The Hall–Kier alpha value is -0.340. The third kappa shape index (κ3) is 8.00. The second-order valence-corrected chi connectivity index (χ2v) is 3.34. The molecule has 0 saturated heterocycles. The molecule has 0 fully saturated rings. The molecule has 78 valence electrons. The van der Waals surface area contributed by atoms with Gasteiger partial charge in [0.05, 0.1) is 0 Å². The first kappa shape index (κ1) is 12.7. The van der Waals surface area contributed by atoms with E-state index in [0.29, 0.717) is 0 Å². The van der Waals surface area contributed by atoms with Crippen molar-refractivity contribution in [1.82, 2.24) is 10.2 Å². The average Bonchev–Trinajstić information content (AvgIpc) is 2.13. The maximum Gasteiger partial charge on any atom is 0.0161 e. The first-order valence-electron chi connectivity index (χ1n) is 5.39. The molecule has 0 aromatic heterocycles. The highest BCUT2D eigenvalue weighted by atomic mass is 15.1. The molecule has 2 nitrogen and oxygen atoms in total. The van der Waals surface area contributed by atoms with Gasteiger partial charge in [-0.2, -0.15) is 0 Å². The van der Waals surface area contributed by atoms with Crippen LogP contribution in [0.25, 0.3) is 0 Å². The molecule has 0 aliphatic carbocycles. The molecule has 0 bridgehead atoms. The quantitative estimate of drug-likeness (QED) is 0.435. The number of rotatable bonds is 9. The summed E-state index contributed by atoms with van der Waals surface area (Å²) in [6, 6.07) is 0. The summed E-state index contributed by atoms with van der Waals surface area (Å²) in [4.78, 5) is 2.43. The van der Waals surface area contributed by atoms with E-state index in [0.717, 1.165) is 26.2 Å². The van der Waals surface area contributed by atoms with E-state index in [2.05, 4.69) is 30.6 Å². The molecule has 0 aromatic rings. The van der Waals surface area contributed by atoms with Gasteiger partial charge < -0.3 is 5.32 Å². The van der Waals surface area contributed by atoms with E-state index in [4.69, 9.17) is 0 Å². The summed E-state index contributed by atoms with van der Waals surface area (Å²) in [5.74, 6) is 0. The smallest absolute Gasteiger partial charge is 0.0161 e. The summed E-state index contributed by atoms with van der Waals surface area (Å²) in [5, 5.41) is 3.41.